The molecule has 1 aromatic heterocycles. The van der Waals surface area contributed by atoms with Crippen molar-refractivity contribution in [3.63, 3.8) is 0 Å². The van der Waals surface area contributed by atoms with Crippen molar-refractivity contribution in [2.45, 2.75) is 6.54 Å². The van der Waals surface area contributed by atoms with Gasteiger partial charge in [-0.1, -0.05) is 24.3 Å². The van der Waals surface area contributed by atoms with Crippen LogP contribution in [-0.4, -0.2) is 48.8 Å². The van der Waals surface area contributed by atoms with E-state index in [4.69, 9.17) is 4.74 Å². The zero-order valence-electron chi connectivity index (χ0n) is 15.9. The fraction of sp³-hybridized carbons (Fsp3) is 0.238. The molecule has 3 aromatic rings. The van der Waals surface area contributed by atoms with Crippen molar-refractivity contribution in [3.8, 4) is 16.9 Å². The molecule has 28 heavy (non-hydrogen) atoms. The van der Waals surface area contributed by atoms with Crippen LogP contribution in [0.3, 0.4) is 0 Å². The first kappa shape index (κ1) is 19.6. The predicted octanol–water partition coefficient (Wildman–Crippen LogP) is 3.32. The summed E-state index contributed by atoms with van der Waals surface area (Å²) < 4.78 is 19.3. The molecule has 146 valence electrons. The van der Waals surface area contributed by atoms with E-state index in [1.54, 1.807) is 29.3 Å². The molecule has 0 bridgehead atoms. The molecule has 0 fully saturated rings. The molecule has 6 nitrogen and oxygen atoms in total. The number of nitrogens with one attached hydrogen (secondary N) is 1. The van der Waals surface area contributed by atoms with Crippen LogP contribution in [-0.2, 0) is 11.3 Å². The van der Waals surface area contributed by atoms with Gasteiger partial charge in [-0.15, -0.1) is 0 Å². The second kappa shape index (κ2) is 9.14. The first-order valence-corrected chi connectivity index (χ1v) is 8.93. The fourth-order valence-electron chi connectivity index (χ4n) is 2.98. The maximum atomic E-state index is 14.3. The summed E-state index contributed by atoms with van der Waals surface area (Å²) in [5, 5.41) is 6.72. The SMILES string of the molecule is COc1cccc(CN(C)CCN(C=O)c2ccc(-c3cn[nH]c3)cc2)c1F. The molecule has 0 saturated carbocycles. The largest absolute Gasteiger partial charge is 0.494 e. The quantitative estimate of drug-likeness (QED) is 0.577. The highest BCUT2D eigenvalue weighted by atomic mass is 19.1. The minimum absolute atomic E-state index is 0.234. The van der Waals surface area contributed by atoms with Crippen LogP contribution in [0.4, 0.5) is 10.1 Å². The molecule has 0 radical (unpaired) electrons. The third-order valence-corrected chi connectivity index (χ3v) is 4.58. The summed E-state index contributed by atoms with van der Waals surface area (Å²) in [6.07, 6.45) is 4.38. The van der Waals surface area contributed by atoms with Gasteiger partial charge >= 0.3 is 0 Å². The maximum Gasteiger partial charge on any atom is 0.214 e. The Kier molecular flexibility index (Phi) is 6.39. The van der Waals surface area contributed by atoms with Crippen molar-refractivity contribution < 1.29 is 13.9 Å². The van der Waals surface area contributed by atoms with Gasteiger partial charge in [0.15, 0.2) is 11.6 Å². The van der Waals surface area contributed by atoms with Gasteiger partial charge in [0, 0.05) is 42.6 Å². The molecule has 0 saturated heterocycles. The lowest BCUT2D eigenvalue weighted by atomic mass is 10.1. The van der Waals surface area contributed by atoms with Crippen molar-refractivity contribution in [2.24, 2.45) is 0 Å². The molecule has 2 aromatic carbocycles. The number of aromatic amines is 1. The summed E-state index contributed by atoms with van der Waals surface area (Å²) >= 11 is 0. The summed E-state index contributed by atoms with van der Waals surface area (Å²) in [5.74, 6) is -0.114. The summed E-state index contributed by atoms with van der Waals surface area (Å²) in [7, 11) is 3.34. The van der Waals surface area contributed by atoms with E-state index in [1.807, 2.05) is 42.4 Å². The molecule has 0 atom stereocenters. The van der Waals surface area contributed by atoms with Gasteiger partial charge in [0.05, 0.1) is 13.3 Å². The van der Waals surface area contributed by atoms with E-state index in [0.29, 0.717) is 25.2 Å². The molecule has 0 unspecified atom stereocenters. The van der Waals surface area contributed by atoms with Gasteiger partial charge in [-0.2, -0.15) is 5.10 Å². The van der Waals surface area contributed by atoms with Crippen molar-refractivity contribution in [1.82, 2.24) is 15.1 Å². The minimum Gasteiger partial charge on any atom is -0.494 e. The number of amides is 1. The number of carbonyl (C=O) groups excluding carboxylic acids is 1. The van der Waals surface area contributed by atoms with Crippen LogP contribution in [0, 0.1) is 5.82 Å². The second-order valence-electron chi connectivity index (χ2n) is 6.50. The Morgan fingerprint density at radius 2 is 1.93 bits per heavy atom. The number of benzene rings is 2. The number of ether oxygens (including phenoxy) is 1. The third kappa shape index (κ3) is 4.55. The summed E-state index contributed by atoms with van der Waals surface area (Å²) in [5.41, 5.74) is 3.38. The average Bonchev–Trinajstić information content (AvgIpc) is 3.25. The van der Waals surface area contributed by atoms with Crippen LogP contribution in [0.25, 0.3) is 11.1 Å². The predicted molar refractivity (Wildman–Crippen MR) is 107 cm³/mol. The number of likely N-dealkylation sites (N-methyl/N-ethyl adjacent to an activating group) is 1. The molecule has 7 heteroatoms. The maximum absolute atomic E-state index is 14.3. The van der Waals surface area contributed by atoms with Crippen LogP contribution < -0.4 is 9.64 Å². The van der Waals surface area contributed by atoms with Gasteiger partial charge in [0.1, 0.15) is 0 Å². The lowest BCUT2D eigenvalue weighted by Gasteiger charge is -2.23. The van der Waals surface area contributed by atoms with E-state index in [1.165, 1.54) is 7.11 Å². The number of halogens is 1. The highest BCUT2D eigenvalue weighted by molar-refractivity contribution is 5.76. The van der Waals surface area contributed by atoms with Crippen LogP contribution in [0.5, 0.6) is 5.75 Å². The normalized spacial score (nSPS) is 10.9. The third-order valence-electron chi connectivity index (χ3n) is 4.58. The smallest absolute Gasteiger partial charge is 0.214 e. The molecule has 0 aliphatic carbocycles. The Morgan fingerprint density at radius 3 is 2.57 bits per heavy atom. The Labute approximate surface area is 163 Å². The average molecular weight is 382 g/mol. The number of nitrogens with zero attached hydrogens (tertiary/aromatic N) is 3. The topological polar surface area (TPSA) is 61.5 Å². The van der Waals surface area contributed by atoms with E-state index < -0.39 is 0 Å². The Hall–Kier alpha value is -3.19. The Bertz CT molecular complexity index is 897. The number of methoxy groups -OCH3 is 1. The summed E-state index contributed by atoms with van der Waals surface area (Å²) in [6.45, 7) is 1.52. The van der Waals surface area contributed by atoms with Crippen LogP contribution in [0.1, 0.15) is 5.56 Å². The Balaban J connectivity index is 1.60. The lowest BCUT2D eigenvalue weighted by Crippen LogP contribution is -2.32. The number of carbonyl (C=O) groups is 1. The Morgan fingerprint density at radius 1 is 1.14 bits per heavy atom. The van der Waals surface area contributed by atoms with Crippen LogP contribution in [0.15, 0.2) is 54.9 Å². The summed E-state index contributed by atoms with van der Waals surface area (Å²) in [4.78, 5) is 15.1. The number of hydrogen-bond acceptors (Lipinski definition) is 4. The first-order valence-electron chi connectivity index (χ1n) is 8.93. The second-order valence-corrected chi connectivity index (χ2v) is 6.50. The molecule has 1 amide bonds. The van der Waals surface area contributed by atoms with E-state index >= 15 is 0 Å². The van der Waals surface area contributed by atoms with Crippen molar-refractivity contribution in [3.05, 3.63) is 66.2 Å². The molecule has 1 heterocycles. The fourth-order valence-corrected chi connectivity index (χ4v) is 2.98. The van der Waals surface area contributed by atoms with E-state index in [9.17, 15) is 9.18 Å². The number of anilines is 1. The highest BCUT2D eigenvalue weighted by Gasteiger charge is 2.12. The number of rotatable bonds is 9. The standard InChI is InChI=1S/C21H23FN4O2/c1-25(14-17-4-3-5-20(28-2)21(17)22)10-11-26(15-27)19-8-6-16(7-9-19)18-12-23-24-13-18/h3-9,12-13,15H,10-11,14H2,1-2H3,(H,23,24). The van der Waals surface area contributed by atoms with E-state index in [-0.39, 0.29) is 11.6 Å². The monoisotopic (exact) mass is 382 g/mol. The van der Waals surface area contributed by atoms with Gasteiger partial charge in [-0.3, -0.25) is 9.89 Å². The minimum atomic E-state index is -0.348. The number of H-pyrrole nitrogens is 1. The van der Waals surface area contributed by atoms with Crippen molar-refractivity contribution >= 4 is 12.1 Å². The molecule has 0 aliphatic rings. The zero-order chi connectivity index (χ0) is 19.9. The first-order chi connectivity index (χ1) is 13.6. The zero-order valence-corrected chi connectivity index (χ0v) is 15.9. The van der Waals surface area contributed by atoms with E-state index in [0.717, 1.165) is 23.2 Å². The highest BCUT2D eigenvalue weighted by Crippen LogP contribution is 2.23. The van der Waals surface area contributed by atoms with Gasteiger partial charge in [0.25, 0.3) is 0 Å². The van der Waals surface area contributed by atoms with Gasteiger partial charge in [0.2, 0.25) is 6.41 Å². The summed E-state index contributed by atoms with van der Waals surface area (Å²) in [6, 6.07) is 12.8. The number of hydrogen-bond donors (Lipinski definition) is 1. The molecular weight excluding hydrogens is 359 g/mol. The molecule has 1 N–H and O–H groups in total. The van der Waals surface area contributed by atoms with Gasteiger partial charge in [-0.05, 0) is 30.8 Å². The van der Waals surface area contributed by atoms with E-state index in [2.05, 4.69) is 10.2 Å². The van der Waals surface area contributed by atoms with Crippen molar-refractivity contribution in [2.75, 3.05) is 32.1 Å². The van der Waals surface area contributed by atoms with Crippen LogP contribution >= 0.6 is 0 Å². The lowest BCUT2D eigenvalue weighted by molar-refractivity contribution is -0.107. The molecule has 0 spiro atoms. The molecular formula is C21H23FN4O2. The van der Waals surface area contributed by atoms with Gasteiger partial charge < -0.3 is 14.5 Å². The number of aromatic nitrogens is 2. The molecule has 0 aliphatic heterocycles. The van der Waals surface area contributed by atoms with Gasteiger partial charge in [-0.25, -0.2) is 4.39 Å². The van der Waals surface area contributed by atoms with Crippen molar-refractivity contribution in [1.29, 1.82) is 0 Å². The molecule has 3 rings (SSSR count). The van der Waals surface area contributed by atoms with Crippen LogP contribution in [0.2, 0.25) is 0 Å².